The second kappa shape index (κ2) is 17.3. The fourth-order valence-corrected chi connectivity index (χ4v) is 4.84. The highest BCUT2D eigenvalue weighted by molar-refractivity contribution is 5.92. The molecule has 0 aromatic heterocycles. The van der Waals surface area contributed by atoms with E-state index < -0.39 is 59.7 Å². The van der Waals surface area contributed by atoms with Gasteiger partial charge in [0.05, 0.1) is 6.54 Å². The van der Waals surface area contributed by atoms with Gasteiger partial charge >= 0.3 is 0 Å². The maximum absolute atomic E-state index is 14.1. The number of carbonyl (C=O) groups excluding carboxylic acids is 4. The molecule has 0 heterocycles. The summed E-state index contributed by atoms with van der Waals surface area (Å²) in [6.07, 6.45) is 0.300. The van der Waals surface area contributed by atoms with E-state index in [0.717, 1.165) is 11.6 Å². The summed E-state index contributed by atoms with van der Waals surface area (Å²) in [4.78, 5) is 52.2. The number of halogens is 3. The monoisotopic (exact) mass is 676 g/mol. The Bertz CT molecular complexity index is 1750. The van der Waals surface area contributed by atoms with Crippen LogP contribution in [-0.4, -0.2) is 52.5 Å². The summed E-state index contributed by atoms with van der Waals surface area (Å²) >= 11 is 0. The fraction of sp³-hybridized carbons (Fsp3) is 0.222. The Morgan fingerprint density at radius 2 is 1.08 bits per heavy atom. The minimum atomic E-state index is -1.18. The SMILES string of the molecule is O=C(CCc1ccc(F)cc1)N[C@@H](Cc1ccc(O)cc1)C(=O)NCC(=O)N[C@@H](Cc1ccc(O)cc1)C(=O)NCc1ccc(F)cc1F. The molecule has 0 spiro atoms. The lowest BCUT2D eigenvalue weighted by Crippen LogP contribution is -2.53. The van der Waals surface area contributed by atoms with E-state index in [9.17, 15) is 42.6 Å². The van der Waals surface area contributed by atoms with Crippen LogP contribution in [0.15, 0.2) is 91.0 Å². The summed E-state index contributed by atoms with van der Waals surface area (Å²) in [5, 5.41) is 29.5. The van der Waals surface area contributed by atoms with Crippen LogP contribution in [0.4, 0.5) is 13.2 Å². The molecule has 2 atom stereocenters. The molecule has 0 radical (unpaired) electrons. The molecule has 0 saturated carbocycles. The van der Waals surface area contributed by atoms with Gasteiger partial charge in [0.2, 0.25) is 23.6 Å². The van der Waals surface area contributed by atoms with Crippen LogP contribution in [0.3, 0.4) is 0 Å². The second-order valence-electron chi connectivity index (χ2n) is 11.3. The van der Waals surface area contributed by atoms with Gasteiger partial charge < -0.3 is 31.5 Å². The maximum Gasteiger partial charge on any atom is 0.243 e. The lowest BCUT2D eigenvalue weighted by Gasteiger charge is -2.21. The zero-order valence-electron chi connectivity index (χ0n) is 26.2. The molecular weight excluding hydrogens is 641 g/mol. The number of hydrogen-bond acceptors (Lipinski definition) is 6. The van der Waals surface area contributed by atoms with Crippen LogP contribution in [-0.2, 0) is 45.0 Å². The summed E-state index contributed by atoms with van der Waals surface area (Å²) < 4.78 is 40.7. The topological polar surface area (TPSA) is 157 Å². The van der Waals surface area contributed by atoms with E-state index in [1.165, 1.54) is 42.5 Å². The van der Waals surface area contributed by atoms with Gasteiger partial charge in [-0.1, -0.05) is 42.5 Å². The van der Waals surface area contributed by atoms with Gasteiger partial charge in [-0.05, 0) is 65.6 Å². The molecule has 0 aliphatic rings. The minimum absolute atomic E-state index is 0.00134. The first-order valence-electron chi connectivity index (χ1n) is 15.3. The number of phenols is 2. The third kappa shape index (κ3) is 11.7. The molecular formula is C36H35F3N4O6. The van der Waals surface area contributed by atoms with E-state index in [1.54, 1.807) is 36.4 Å². The van der Waals surface area contributed by atoms with E-state index in [-0.39, 0.29) is 42.9 Å². The van der Waals surface area contributed by atoms with Gasteiger partial charge in [0, 0.05) is 37.4 Å². The van der Waals surface area contributed by atoms with Gasteiger partial charge in [0.1, 0.15) is 41.0 Å². The molecule has 0 aliphatic heterocycles. The molecule has 10 nitrogen and oxygen atoms in total. The number of nitrogens with one attached hydrogen (secondary N) is 4. The number of aromatic hydroxyl groups is 2. The first-order chi connectivity index (χ1) is 23.4. The van der Waals surface area contributed by atoms with Crippen LogP contribution in [0.1, 0.15) is 28.7 Å². The van der Waals surface area contributed by atoms with Crippen molar-refractivity contribution < 1.29 is 42.6 Å². The van der Waals surface area contributed by atoms with E-state index in [4.69, 9.17) is 0 Å². The summed E-state index contributed by atoms with van der Waals surface area (Å²) in [5.74, 6) is -4.61. The normalized spacial score (nSPS) is 12.0. The Hall–Kier alpha value is -5.85. The number of benzene rings is 4. The van der Waals surface area contributed by atoms with Crippen molar-refractivity contribution in [2.24, 2.45) is 0 Å². The van der Waals surface area contributed by atoms with Crippen molar-refractivity contribution in [2.75, 3.05) is 6.54 Å². The van der Waals surface area contributed by atoms with E-state index in [2.05, 4.69) is 21.3 Å². The number of rotatable bonds is 15. The highest BCUT2D eigenvalue weighted by atomic mass is 19.1. The zero-order chi connectivity index (χ0) is 35.3. The van der Waals surface area contributed by atoms with E-state index in [0.29, 0.717) is 23.6 Å². The van der Waals surface area contributed by atoms with Crippen LogP contribution in [0, 0.1) is 17.5 Å². The molecule has 0 bridgehead atoms. The minimum Gasteiger partial charge on any atom is -0.508 e. The highest BCUT2D eigenvalue weighted by Gasteiger charge is 2.25. The number of aryl methyl sites for hydroxylation is 1. The molecule has 6 N–H and O–H groups in total. The van der Waals surface area contributed by atoms with Crippen molar-refractivity contribution in [3.8, 4) is 11.5 Å². The predicted molar refractivity (Wildman–Crippen MR) is 173 cm³/mol. The predicted octanol–water partition coefficient (Wildman–Crippen LogP) is 3.34. The van der Waals surface area contributed by atoms with Crippen molar-refractivity contribution in [1.82, 2.24) is 21.3 Å². The van der Waals surface area contributed by atoms with Gasteiger partial charge in [0.15, 0.2) is 0 Å². The number of phenolic OH excluding ortho intramolecular Hbond substituents is 2. The molecule has 4 amide bonds. The first kappa shape index (κ1) is 36.0. The third-order valence-corrected chi connectivity index (χ3v) is 7.50. The molecule has 0 fully saturated rings. The van der Waals surface area contributed by atoms with Crippen molar-refractivity contribution in [1.29, 1.82) is 0 Å². The van der Waals surface area contributed by atoms with Gasteiger partial charge in [-0.2, -0.15) is 0 Å². The molecule has 0 saturated heterocycles. The smallest absolute Gasteiger partial charge is 0.243 e. The Labute approximate surface area is 280 Å². The lowest BCUT2D eigenvalue weighted by atomic mass is 10.0. The highest BCUT2D eigenvalue weighted by Crippen LogP contribution is 2.14. The van der Waals surface area contributed by atoms with Crippen LogP contribution in [0.25, 0.3) is 0 Å². The Kier molecular flexibility index (Phi) is 12.7. The molecule has 4 rings (SSSR count). The first-order valence-corrected chi connectivity index (χ1v) is 15.3. The number of amides is 4. The van der Waals surface area contributed by atoms with E-state index in [1.807, 2.05) is 0 Å². The van der Waals surface area contributed by atoms with Crippen molar-refractivity contribution in [3.05, 3.63) is 131 Å². The maximum atomic E-state index is 14.1. The average Bonchev–Trinajstić information content (AvgIpc) is 3.07. The van der Waals surface area contributed by atoms with Gasteiger partial charge in [-0.25, -0.2) is 13.2 Å². The Morgan fingerprint density at radius 3 is 1.63 bits per heavy atom. The number of hydrogen-bond donors (Lipinski definition) is 6. The van der Waals surface area contributed by atoms with Crippen molar-refractivity contribution in [2.45, 2.75) is 44.3 Å². The van der Waals surface area contributed by atoms with Crippen molar-refractivity contribution >= 4 is 23.6 Å². The average molecular weight is 677 g/mol. The van der Waals surface area contributed by atoms with E-state index >= 15 is 0 Å². The molecule has 256 valence electrons. The van der Waals surface area contributed by atoms with Gasteiger partial charge in [-0.15, -0.1) is 0 Å². The third-order valence-electron chi connectivity index (χ3n) is 7.50. The molecule has 49 heavy (non-hydrogen) atoms. The second-order valence-corrected chi connectivity index (χ2v) is 11.3. The Balaban J connectivity index is 1.39. The molecule has 13 heteroatoms. The summed E-state index contributed by atoms with van der Waals surface area (Å²) in [6.45, 7) is -0.855. The summed E-state index contributed by atoms with van der Waals surface area (Å²) in [6, 6.07) is 18.2. The molecule has 4 aromatic carbocycles. The van der Waals surface area contributed by atoms with Crippen molar-refractivity contribution in [3.63, 3.8) is 0 Å². The van der Waals surface area contributed by atoms with Crippen LogP contribution >= 0.6 is 0 Å². The standard InChI is InChI=1S/C36H35F3N4O6/c37-26-9-1-22(2-10-26)7-16-33(46)42-31(17-23-3-12-28(44)13-4-23)36(49)41-21-34(47)43-32(18-24-5-14-29(45)15-6-24)35(48)40-20-25-8-11-27(38)19-30(25)39/h1-6,8-15,19,31-32,44-45H,7,16-18,20-21H2,(H,40,48)(H,41,49)(H,42,46)(H,43,47)/t31-,32-/m0/s1. The Morgan fingerprint density at radius 1 is 0.592 bits per heavy atom. The quantitative estimate of drug-likeness (QED) is 0.114. The summed E-state index contributed by atoms with van der Waals surface area (Å²) in [5.41, 5.74) is 1.94. The number of carbonyl (C=O) groups is 4. The van der Waals surface area contributed by atoms with Crippen LogP contribution in [0.5, 0.6) is 11.5 Å². The largest absolute Gasteiger partial charge is 0.508 e. The van der Waals surface area contributed by atoms with Crippen LogP contribution < -0.4 is 21.3 Å². The zero-order valence-corrected chi connectivity index (χ0v) is 26.2. The molecule has 0 aliphatic carbocycles. The van der Waals surface area contributed by atoms with Gasteiger partial charge in [0.25, 0.3) is 0 Å². The van der Waals surface area contributed by atoms with Crippen LogP contribution in [0.2, 0.25) is 0 Å². The fourth-order valence-electron chi connectivity index (χ4n) is 4.84. The molecule has 0 unspecified atom stereocenters. The molecule has 4 aromatic rings. The van der Waals surface area contributed by atoms with Gasteiger partial charge in [-0.3, -0.25) is 19.2 Å². The summed E-state index contributed by atoms with van der Waals surface area (Å²) in [7, 11) is 0. The lowest BCUT2D eigenvalue weighted by molar-refractivity contribution is -0.131.